The molecule has 108 valence electrons. The zero-order chi connectivity index (χ0) is 15.1. The largest absolute Gasteiger partial charge is 0.336 e. The highest BCUT2D eigenvalue weighted by Gasteiger charge is 2.29. The molecule has 2 aromatic heterocycles. The first kappa shape index (κ1) is 13.2. The molecule has 0 bridgehead atoms. The van der Waals surface area contributed by atoms with E-state index in [0.29, 0.717) is 22.3 Å². The number of piperazine rings is 1. The third-order valence-electron chi connectivity index (χ3n) is 3.21. The maximum absolute atomic E-state index is 12.6. The monoisotopic (exact) mass is 288 g/mol. The number of rotatable bonds is 1. The molecule has 21 heavy (non-hydrogen) atoms. The molecule has 0 unspecified atom stereocenters. The molecule has 0 spiro atoms. The predicted molar refractivity (Wildman–Crippen MR) is 70.3 cm³/mol. The first-order valence-corrected chi connectivity index (χ1v) is 6.31. The molecule has 8 heteroatoms. The number of nitrogens with zero attached hydrogens (tertiary/aromatic N) is 3. The smallest absolute Gasteiger partial charge is 0.258 e. The second-order valence-electron chi connectivity index (χ2n) is 4.89. The van der Waals surface area contributed by atoms with E-state index in [1.54, 1.807) is 19.9 Å². The molecule has 3 heterocycles. The van der Waals surface area contributed by atoms with E-state index in [1.807, 2.05) is 0 Å². The summed E-state index contributed by atoms with van der Waals surface area (Å²) in [6.07, 6.45) is 0. The molecule has 2 aromatic rings. The zero-order valence-corrected chi connectivity index (χ0v) is 11.5. The summed E-state index contributed by atoms with van der Waals surface area (Å²) in [7, 11) is 0. The molecule has 1 aliphatic heterocycles. The molecular formula is C13H12N4O4. The van der Waals surface area contributed by atoms with Crippen molar-refractivity contribution in [2.75, 3.05) is 13.1 Å². The first-order chi connectivity index (χ1) is 9.95. The number of aromatic nitrogens is 2. The van der Waals surface area contributed by atoms with Crippen LogP contribution in [0.5, 0.6) is 0 Å². The summed E-state index contributed by atoms with van der Waals surface area (Å²) < 4.78 is 5.07. The molecule has 8 nitrogen and oxygen atoms in total. The summed E-state index contributed by atoms with van der Waals surface area (Å²) in [5, 5.41) is 6.46. The number of hydrogen-bond acceptors (Lipinski definition) is 6. The van der Waals surface area contributed by atoms with Gasteiger partial charge in [0.15, 0.2) is 0 Å². The number of pyridine rings is 1. The summed E-state index contributed by atoms with van der Waals surface area (Å²) in [6.45, 7) is 3.12. The van der Waals surface area contributed by atoms with Crippen molar-refractivity contribution in [3.8, 4) is 0 Å². The fourth-order valence-corrected chi connectivity index (χ4v) is 2.34. The Morgan fingerprint density at radius 1 is 1.29 bits per heavy atom. The molecule has 0 radical (unpaired) electrons. The van der Waals surface area contributed by atoms with Crippen LogP contribution in [0.25, 0.3) is 11.1 Å². The summed E-state index contributed by atoms with van der Waals surface area (Å²) in [5.41, 5.74) is 1.73. The molecule has 3 rings (SSSR count). The van der Waals surface area contributed by atoms with Gasteiger partial charge in [-0.05, 0) is 19.9 Å². The third kappa shape index (κ3) is 2.24. The fraction of sp³-hybridized carbons (Fsp3) is 0.308. The summed E-state index contributed by atoms with van der Waals surface area (Å²) in [4.78, 5) is 40.8. The van der Waals surface area contributed by atoms with Gasteiger partial charge in [-0.15, -0.1) is 0 Å². The van der Waals surface area contributed by atoms with Gasteiger partial charge in [0.05, 0.1) is 16.6 Å². The SMILES string of the molecule is Cc1cc(C(=O)N2CC(=O)NC(=O)C2)c2c(C)noc2n1. The minimum Gasteiger partial charge on any atom is -0.336 e. The fourth-order valence-electron chi connectivity index (χ4n) is 2.34. The number of carbonyl (C=O) groups excluding carboxylic acids is 3. The molecule has 0 saturated carbocycles. The lowest BCUT2D eigenvalue weighted by Gasteiger charge is -2.25. The zero-order valence-electron chi connectivity index (χ0n) is 11.5. The van der Waals surface area contributed by atoms with Crippen LogP contribution in [0.15, 0.2) is 10.6 Å². The Hall–Kier alpha value is -2.77. The van der Waals surface area contributed by atoms with Crippen LogP contribution in [0.1, 0.15) is 21.7 Å². The van der Waals surface area contributed by atoms with Crippen molar-refractivity contribution in [2.24, 2.45) is 0 Å². The van der Waals surface area contributed by atoms with E-state index in [4.69, 9.17) is 4.52 Å². The highest BCUT2D eigenvalue weighted by Crippen LogP contribution is 2.23. The number of imide groups is 1. The van der Waals surface area contributed by atoms with Gasteiger partial charge in [0, 0.05) is 5.69 Å². The van der Waals surface area contributed by atoms with E-state index in [1.165, 1.54) is 4.90 Å². The van der Waals surface area contributed by atoms with Gasteiger partial charge in [-0.2, -0.15) is 0 Å². The van der Waals surface area contributed by atoms with Crippen molar-refractivity contribution >= 4 is 28.8 Å². The van der Waals surface area contributed by atoms with Gasteiger partial charge in [0.25, 0.3) is 11.6 Å². The maximum atomic E-state index is 12.6. The number of hydrogen-bond donors (Lipinski definition) is 1. The van der Waals surface area contributed by atoms with Gasteiger partial charge in [-0.1, -0.05) is 5.16 Å². The van der Waals surface area contributed by atoms with Crippen molar-refractivity contribution in [1.82, 2.24) is 20.4 Å². The number of fused-ring (bicyclic) bond motifs is 1. The predicted octanol–water partition coefficient (Wildman–Crippen LogP) is -0.0618. The van der Waals surface area contributed by atoms with E-state index in [2.05, 4.69) is 15.5 Å². The number of aryl methyl sites for hydroxylation is 2. The van der Waals surface area contributed by atoms with Crippen molar-refractivity contribution in [1.29, 1.82) is 0 Å². The summed E-state index contributed by atoms with van der Waals surface area (Å²) in [6, 6.07) is 1.60. The van der Waals surface area contributed by atoms with Gasteiger partial charge in [0.1, 0.15) is 13.1 Å². The van der Waals surface area contributed by atoms with Crippen molar-refractivity contribution < 1.29 is 18.9 Å². The van der Waals surface area contributed by atoms with Crippen LogP contribution in [-0.4, -0.2) is 45.9 Å². The summed E-state index contributed by atoms with van der Waals surface area (Å²) in [5.74, 6) is -1.41. The van der Waals surface area contributed by atoms with Crippen molar-refractivity contribution in [3.63, 3.8) is 0 Å². The third-order valence-corrected chi connectivity index (χ3v) is 3.21. The van der Waals surface area contributed by atoms with Crippen LogP contribution < -0.4 is 5.32 Å². The lowest BCUT2D eigenvalue weighted by atomic mass is 10.1. The van der Waals surface area contributed by atoms with Crippen LogP contribution >= 0.6 is 0 Å². The molecule has 1 saturated heterocycles. The Kier molecular flexibility index (Phi) is 2.93. The lowest BCUT2D eigenvalue weighted by Crippen LogP contribution is -2.53. The minimum absolute atomic E-state index is 0.155. The Balaban J connectivity index is 2.07. The van der Waals surface area contributed by atoms with Gasteiger partial charge >= 0.3 is 0 Å². The Morgan fingerprint density at radius 3 is 2.62 bits per heavy atom. The van der Waals surface area contributed by atoms with Gasteiger partial charge in [-0.25, -0.2) is 4.98 Å². The molecular weight excluding hydrogens is 276 g/mol. The number of nitrogens with one attached hydrogen (secondary N) is 1. The van der Waals surface area contributed by atoms with E-state index in [0.717, 1.165) is 0 Å². The van der Waals surface area contributed by atoms with Crippen LogP contribution in [0.3, 0.4) is 0 Å². The van der Waals surface area contributed by atoms with Crippen LogP contribution in [-0.2, 0) is 9.59 Å². The molecule has 0 aromatic carbocycles. The average Bonchev–Trinajstić information content (AvgIpc) is 2.77. The molecule has 0 aliphatic carbocycles. The van der Waals surface area contributed by atoms with E-state index < -0.39 is 17.7 Å². The molecule has 1 fully saturated rings. The van der Waals surface area contributed by atoms with Crippen LogP contribution in [0.4, 0.5) is 0 Å². The molecule has 0 atom stereocenters. The average molecular weight is 288 g/mol. The Labute approximate surface area is 119 Å². The summed E-state index contributed by atoms with van der Waals surface area (Å²) >= 11 is 0. The van der Waals surface area contributed by atoms with E-state index >= 15 is 0 Å². The van der Waals surface area contributed by atoms with Crippen LogP contribution in [0.2, 0.25) is 0 Å². The Bertz CT molecular complexity index is 764. The Morgan fingerprint density at radius 2 is 1.95 bits per heavy atom. The highest BCUT2D eigenvalue weighted by atomic mass is 16.5. The number of carbonyl (C=O) groups is 3. The molecule has 3 amide bonds. The number of amides is 3. The van der Waals surface area contributed by atoms with Gasteiger partial charge in [0.2, 0.25) is 11.8 Å². The maximum Gasteiger partial charge on any atom is 0.258 e. The van der Waals surface area contributed by atoms with Crippen LogP contribution in [0, 0.1) is 13.8 Å². The lowest BCUT2D eigenvalue weighted by molar-refractivity contribution is -0.135. The standard InChI is InChI=1S/C13H12N4O4/c1-6-3-8(11-7(2)16-21-12(11)14-6)13(20)17-4-9(18)15-10(19)5-17/h3H,4-5H2,1-2H3,(H,15,18,19). The molecule has 1 N–H and O–H groups in total. The minimum atomic E-state index is -0.497. The van der Waals surface area contributed by atoms with E-state index in [9.17, 15) is 14.4 Å². The second kappa shape index (κ2) is 4.65. The molecule has 1 aliphatic rings. The quantitative estimate of drug-likeness (QED) is 0.737. The normalized spacial score (nSPS) is 15.4. The van der Waals surface area contributed by atoms with E-state index in [-0.39, 0.29) is 18.8 Å². The highest BCUT2D eigenvalue weighted by molar-refractivity contribution is 6.10. The van der Waals surface area contributed by atoms with Gasteiger partial charge < -0.3 is 9.42 Å². The van der Waals surface area contributed by atoms with Crippen molar-refractivity contribution in [2.45, 2.75) is 13.8 Å². The topological polar surface area (TPSA) is 105 Å². The first-order valence-electron chi connectivity index (χ1n) is 6.31. The van der Waals surface area contributed by atoms with Gasteiger partial charge in [-0.3, -0.25) is 19.7 Å². The van der Waals surface area contributed by atoms with Crippen molar-refractivity contribution in [3.05, 3.63) is 23.0 Å². The second-order valence-corrected chi connectivity index (χ2v) is 4.89.